The van der Waals surface area contributed by atoms with Gasteiger partial charge in [0, 0.05) is 18.1 Å². The number of carbonyl (C=O) groups is 1. The van der Waals surface area contributed by atoms with Gasteiger partial charge in [-0.2, -0.15) is 4.98 Å². The lowest BCUT2D eigenvalue weighted by Gasteiger charge is -2.10. The Morgan fingerprint density at radius 1 is 1.48 bits per heavy atom. The highest BCUT2D eigenvalue weighted by Crippen LogP contribution is 2.25. The summed E-state index contributed by atoms with van der Waals surface area (Å²) >= 11 is 0. The molecule has 0 aliphatic carbocycles. The van der Waals surface area contributed by atoms with Gasteiger partial charge in [-0.15, -0.1) is 0 Å². The lowest BCUT2D eigenvalue weighted by atomic mass is 10.1. The van der Waals surface area contributed by atoms with Crippen LogP contribution in [0.2, 0.25) is 0 Å². The molecular formula is C15H16N2O4. The van der Waals surface area contributed by atoms with Crippen molar-refractivity contribution in [3.63, 3.8) is 0 Å². The van der Waals surface area contributed by atoms with Gasteiger partial charge in [0.05, 0.1) is 0 Å². The third-order valence-electron chi connectivity index (χ3n) is 2.81. The van der Waals surface area contributed by atoms with Crippen LogP contribution in [0.5, 0.6) is 5.75 Å². The Labute approximate surface area is 122 Å². The molecule has 6 heteroatoms. The van der Waals surface area contributed by atoms with Crippen molar-refractivity contribution >= 4 is 12.0 Å². The Bertz CT molecular complexity index is 661. The van der Waals surface area contributed by atoms with E-state index in [0.717, 1.165) is 11.6 Å². The first kappa shape index (κ1) is 14.8. The van der Waals surface area contributed by atoms with Crippen molar-refractivity contribution in [1.82, 2.24) is 10.1 Å². The number of benzene rings is 1. The van der Waals surface area contributed by atoms with Crippen LogP contribution in [0.15, 0.2) is 28.8 Å². The molecule has 0 atom stereocenters. The van der Waals surface area contributed by atoms with Gasteiger partial charge in [0.25, 0.3) is 5.89 Å². The van der Waals surface area contributed by atoms with E-state index in [1.165, 1.54) is 6.08 Å². The summed E-state index contributed by atoms with van der Waals surface area (Å²) in [6, 6.07) is 5.51. The Kier molecular flexibility index (Phi) is 4.71. The van der Waals surface area contributed by atoms with Crippen molar-refractivity contribution in [3.05, 3.63) is 47.1 Å². The Morgan fingerprint density at radius 3 is 2.95 bits per heavy atom. The van der Waals surface area contributed by atoms with Gasteiger partial charge >= 0.3 is 5.97 Å². The highest BCUT2D eigenvalue weighted by molar-refractivity contribution is 5.86. The molecule has 0 fully saturated rings. The molecule has 0 saturated heterocycles. The van der Waals surface area contributed by atoms with Crippen LogP contribution in [0, 0.1) is 6.92 Å². The van der Waals surface area contributed by atoms with Crippen molar-refractivity contribution in [2.75, 3.05) is 0 Å². The van der Waals surface area contributed by atoms with E-state index < -0.39 is 5.97 Å². The van der Waals surface area contributed by atoms with Crippen LogP contribution in [0.4, 0.5) is 0 Å². The first-order chi connectivity index (χ1) is 10.1. The maximum atomic E-state index is 10.6. The van der Waals surface area contributed by atoms with Crippen LogP contribution in [-0.4, -0.2) is 21.2 Å². The number of hydrogen-bond acceptors (Lipinski definition) is 5. The van der Waals surface area contributed by atoms with Gasteiger partial charge in [0.1, 0.15) is 5.75 Å². The zero-order chi connectivity index (χ0) is 15.2. The molecule has 0 bridgehead atoms. The largest absolute Gasteiger partial charge is 0.483 e. The number of rotatable bonds is 6. The van der Waals surface area contributed by atoms with Crippen molar-refractivity contribution < 1.29 is 19.2 Å². The monoisotopic (exact) mass is 288 g/mol. The molecule has 0 spiro atoms. The zero-order valence-corrected chi connectivity index (χ0v) is 11.9. The number of hydrogen-bond donors (Lipinski definition) is 1. The SMILES string of the molecule is CCc1noc(COc2c(C)cccc2/C=C/C(=O)O)n1. The van der Waals surface area contributed by atoms with Crippen molar-refractivity contribution in [3.8, 4) is 5.75 Å². The molecule has 1 heterocycles. The van der Waals surface area contributed by atoms with E-state index in [9.17, 15) is 4.79 Å². The Hall–Kier alpha value is -2.63. The lowest BCUT2D eigenvalue weighted by Crippen LogP contribution is -1.99. The third-order valence-corrected chi connectivity index (χ3v) is 2.81. The smallest absolute Gasteiger partial charge is 0.328 e. The molecule has 110 valence electrons. The lowest BCUT2D eigenvalue weighted by molar-refractivity contribution is -0.131. The van der Waals surface area contributed by atoms with Crippen molar-refractivity contribution in [2.24, 2.45) is 0 Å². The van der Waals surface area contributed by atoms with Crippen molar-refractivity contribution in [2.45, 2.75) is 26.9 Å². The molecule has 2 rings (SSSR count). The number of aromatic nitrogens is 2. The van der Waals surface area contributed by atoms with E-state index >= 15 is 0 Å². The molecule has 1 aromatic carbocycles. The minimum Gasteiger partial charge on any atom is -0.483 e. The molecule has 0 saturated carbocycles. The van der Waals surface area contributed by atoms with Crippen molar-refractivity contribution in [1.29, 1.82) is 0 Å². The number of aryl methyl sites for hydroxylation is 2. The summed E-state index contributed by atoms with van der Waals surface area (Å²) in [5.74, 6) is 0.617. The van der Waals surface area contributed by atoms with Crippen LogP contribution in [0.3, 0.4) is 0 Å². The van der Waals surface area contributed by atoms with Gasteiger partial charge in [-0.1, -0.05) is 30.3 Å². The molecule has 2 aromatic rings. The molecule has 0 aliphatic heterocycles. The van der Waals surface area contributed by atoms with Gasteiger partial charge in [0.2, 0.25) is 0 Å². The average Bonchev–Trinajstić information content (AvgIpc) is 2.92. The molecule has 1 N–H and O–H groups in total. The first-order valence-corrected chi connectivity index (χ1v) is 6.55. The summed E-state index contributed by atoms with van der Waals surface area (Å²) in [5, 5.41) is 12.5. The average molecular weight is 288 g/mol. The number of aliphatic carboxylic acids is 1. The van der Waals surface area contributed by atoms with Crippen LogP contribution in [0.25, 0.3) is 6.08 Å². The number of carboxylic acid groups (broad SMARTS) is 1. The summed E-state index contributed by atoms with van der Waals surface area (Å²) in [6.45, 7) is 3.97. The summed E-state index contributed by atoms with van der Waals surface area (Å²) in [5.41, 5.74) is 1.59. The third kappa shape index (κ3) is 3.92. The predicted octanol–water partition coefficient (Wildman–Crippen LogP) is 2.62. The van der Waals surface area contributed by atoms with Crippen LogP contribution in [-0.2, 0) is 17.8 Å². The Balaban J connectivity index is 2.16. The fraction of sp³-hybridized carbons (Fsp3) is 0.267. The van der Waals surface area contributed by atoms with Gasteiger partial charge < -0.3 is 14.4 Å². The molecule has 0 radical (unpaired) electrons. The second-order valence-electron chi connectivity index (χ2n) is 4.41. The van der Waals surface area contributed by atoms with Gasteiger partial charge in [-0.05, 0) is 18.6 Å². The maximum absolute atomic E-state index is 10.6. The molecular weight excluding hydrogens is 272 g/mol. The van der Waals surface area contributed by atoms with E-state index in [-0.39, 0.29) is 6.61 Å². The van der Waals surface area contributed by atoms with E-state index in [1.807, 2.05) is 26.0 Å². The molecule has 6 nitrogen and oxygen atoms in total. The Morgan fingerprint density at radius 2 is 2.29 bits per heavy atom. The standard InChI is InChI=1S/C15H16N2O4/c1-3-12-16-13(21-17-12)9-20-15-10(2)5-4-6-11(15)7-8-14(18)19/h4-8H,3,9H2,1-2H3,(H,18,19)/b8-7+. The van der Waals surface area contributed by atoms with Gasteiger partial charge in [0.15, 0.2) is 12.4 Å². The molecule has 0 unspecified atom stereocenters. The van der Waals surface area contributed by atoms with Crippen LogP contribution in [0.1, 0.15) is 29.8 Å². The molecule has 0 amide bonds. The van der Waals surface area contributed by atoms with Gasteiger partial charge in [-0.25, -0.2) is 4.79 Å². The summed E-state index contributed by atoms with van der Waals surface area (Å²) < 4.78 is 10.8. The second-order valence-corrected chi connectivity index (χ2v) is 4.41. The minimum atomic E-state index is -1.01. The highest BCUT2D eigenvalue weighted by atomic mass is 16.5. The highest BCUT2D eigenvalue weighted by Gasteiger charge is 2.09. The minimum absolute atomic E-state index is 0.145. The van der Waals surface area contributed by atoms with Crippen LogP contribution < -0.4 is 4.74 Å². The normalized spacial score (nSPS) is 11.0. The van der Waals surface area contributed by atoms with E-state index in [2.05, 4.69) is 10.1 Å². The summed E-state index contributed by atoms with van der Waals surface area (Å²) in [6.07, 6.45) is 3.26. The first-order valence-electron chi connectivity index (χ1n) is 6.55. The maximum Gasteiger partial charge on any atom is 0.328 e. The quantitative estimate of drug-likeness (QED) is 0.822. The molecule has 21 heavy (non-hydrogen) atoms. The summed E-state index contributed by atoms with van der Waals surface area (Å²) in [7, 11) is 0. The zero-order valence-electron chi connectivity index (χ0n) is 11.9. The number of carboxylic acids is 1. The topological polar surface area (TPSA) is 85.5 Å². The second kappa shape index (κ2) is 6.69. The van der Waals surface area contributed by atoms with E-state index in [4.69, 9.17) is 14.4 Å². The number of ether oxygens (including phenoxy) is 1. The molecule has 1 aromatic heterocycles. The number of para-hydroxylation sites is 1. The predicted molar refractivity (Wildman–Crippen MR) is 75.9 cm³/mol. The molecule has 0 aliphatic rings. The van der Waals surface area contributed by atoms with Gasteiger partial charge in [-0.3, -0.25) is 0 Å². The van der Waals surface area contributed by atoms with Crippen LogP contribution >= 0.6 is 0 Å². The fourth-order valence-electron chi connectivity index (χ4n) is 1.79. The number of nitrogens with zero attached hydrogens (tertiary/aromatic N) is 2. The van der Waals surface area contributed by atoms with E-state index in [1.54, 1.807) is 6.07 Å². The summed E-state index contributed by atoms with van der Waals surface area (Å²) in [4.78, 5) is 14.8. The van der Waals surface area contributed by atoms with E-state index in [0.29, 0.717) is 29.4 Å². The fourth-order valence-corrected chi connectivity index (χ4v) is 1.79.